The summed E-state index contributed by atoms with van der Waals surface area (Å²) in [5, 5.41) is 0. The van der Waals surface area contributed by atoms with E-state index in [1.165, 1.54) is 4.90 Å². The van der Waals surface area contributed by atoms with Crippen molar-refractivity contribution in [1.82, 2.24) is 0 Å². The van der Waals surface area contributed by atoms with E-state index in [1.807, 2.05) is 12.1 Å². The number of alkyl halides is 3. The van der Waals surface area contributed by atoms with Crippen molar-refractivity contribution in [3.8, 4) is 0 Å². The molecule has 0 atom stereocenters. The smallest absolute Gasteiger partial charge is 0.366 e. The van der Waals surface area contributed by atoms with E-state index >= 15 is 0 Å². The highest BCUT2D eigenvalue weighted by Crippen LogP contribution is 2.42. The SMILES string of the molecule is [2H]c1c(C)c(C(F)(F)F)c(N2Cc3ccccc3C2)c([2H])c1C(N)=O. The number of nitrogens with two attached hydrogens (primary N) is 1. The molecule has 0 unspecified atom stereocenters. The zero-order chi connectivity index (χ0) is 18.5. The lowest BCUT2D eigenvalue weighted by atomic mass is 10.0. The van der Waals surface area contributed by atoms with E-state index in [2.05, 4.69) is 0 Å². The van der Waals surface area contributed by atoms with E-state index < -0.39 is 46.5 Å². The van der Waals surface area contributed by atoms with Gasteiger partial charge in [-0.15, -0.1) is 0 Å². The number of amides is 1. The number of hydrogen-bond donors (Lipinski definition) is 1. The lowest BCUT2D eigenvalue weighted by Crippen LogP contribution is -2.22. The summed E-state index contributed by atoms with van der Waals surface area (Å²) in [4.78, 5) is 13.0. The average Bonchev–Trinajstić information content (AvgIpc) is 2.92. The maximum Gasteiger partial charge on any atom is 0.418 e. The monoisotopic (exact) mass is 322 g/mol. The number of anilines is 1. The van der Waals surface area contributed by atoms with Crippen molar-refractivity contribution in [2.75, 3.05) is 4.90 Å². The molecule has 1 amide bonds. The van der Waals surface area contributed by atoms with Gasteiger partial charge in [0.05, 0.1) is 14.0 Å². The van der Waals surface area contributed by atoms with Crippen LogP contribution in [-0.2, 0) is 19.3 Å². The number of primary amides is 1. The van der Waals surface area contributed by atoms with E-state index in [-0.39, 0.29) is 13.1 Å². The van der Waals surface area contributed by atoms with Crippen LogP contribution in [0, 0.1) is 6.92 Å². The summed E-state index contributed by atoms with van der Waals surface area (Å²) in [7, 11) is 0. The fourth-order valence-electron chi connectivity index (χ4n) is 2.84. The van der Waals surface area contributed by atoms with Crippen molar-refractivity contribution in [2.45, 2.75) is 26.2 Å². The summed E-state index contributed by atoms with van der Waals surface area (Å²) in [6.45, 7) is 1.52. The maximum atomic E-state index is 13.7. The Morgan fingerprint density at radius 2 is 1.78 bits per heavy atom. The second kappa shape index (κ2) is 5.30. The number of fused-ring (bicyclic) bond motifs is 1. The van der Waals surface area contributed by atoms with Crippen molar-refractivity contribution in [3.05, 3.63) is 64.2 Å². The lowest BCUT2D eigenvalue weighted by molar-refractivity contribution is -0.137. The summed E-state index contributed by atoms with van der Waals surface area (Å²) in [6.07, 6.45) is -4.75. The zero-order valence-electron chi connectivity index (χ0n) is 14.3. The van der Waals surface area contributed by atoms with Gasteiger partial charge in [0, 0.05) is 18.7 Å². The minimum Gasteiger partial charge on any atom is -0.366 e. The highest BCUT2D eigenvalue weighted by molar-refractivity contribution is 5.94. The molecule has 0 aromatic heterocycles. The lowest BCUT2D eigenvalue weighted by Gasteiger charge is -2.25. The fraction of sp³-hybridized carbons (Fsp3) is 0.235. The molecule has 0 saturated heterocycles. The van der Waals surface area contributed by atoms with Crippen molar-refractivity contribution in [1.29, 1.82) is 0 Å². The molecular weight excluding hydrogens is 305 g/mol. The number of carbonyl (C=O) groups is 1. The van der Waals surface area contributed by atoms with Crippen molar-refractivity contribution in [2.24, 2.45) is 5.73 Å². The molecule has 23 heavy (non-hydrogen) atoms. The summed E-state index contributed by atoms with van der Waals surface area (Å²) in [6, 6.07) is 5.91. The average molecular weight is 322 g/mol. The first-order valence-corrected chi connectivity index (χ1v) is 6.95. The molecule has 6 heteroatoms. The van der Waals surface area contributed by atoms with Crippen LogP contribution < -0.4 is 10.6 Å². The Balaban J connectivity index is 2.27. The number of rotatable bonds is 2. The van der Waals surface area contributed by atoms with Crippen LogP contribution in [0.15, 0.2) is 36.4 Å². The van der Waals surface area contributed by atoms with Crippen molar-refractivity contribution < 1.29 is 20.7 Å². The van der Waals surface area contributed by atoms with Gasteiger partial charge in [-0.2, -0.15) is 13.2 Å². The van der Waals surface area contributed by atoms with Gasteiger partial charge in [0.2, 0.25) is 5.91 Å². The Hall–Kier alpha value is -2.50. The first kappa shape index (κ1) is 13.0. The second-order valence-corrected chi connectivity index (χ2v) is 5.46. The van der Waals surface area contributed by atoms with Crippen LogP contribution >= 0.6 is 0 Å². The highest BCUT2D eigenvalue weighted by Gasteiger charge is 2.38. The molecule has 1 aliphatic rings. The number of carbonyl (C=O) groups excluding carboxylic acids is 1. The molecule has 1 aliphatic heterocycles. The molecule has 2 N–H and O–H groups in total. The topological polar surface area (TPSA) is 46.3 Å². The highest BCUT2D eigenvalue weighted by atomic mass is 19.4. The zero-order valence-corrected chi connectivity index (χ0v) is 12.3. The standard InChI is InChI=1S/C17H15F3N2O/c1-10-6-13(16(21)23)7-14(15(10)17(18,19)20)22-8-11-4-2-3-5-12(11)9-22/h2-7H,8-9H2,1H3,(H2,21,23)/i6D,7D. The van der Waals surface area contributed by atoms with Gasteiger partial charge >= 0.3 is 6.18 Å². The first-order chi connectivity index (χ1) is 11.6. The van der Waals surface area contributed by atoms with Gasteiger partial charge in [-0.25, -0.2) is 0 Å². The minimum absolute atomic E-state index is 0.195. The van der Waals surface area contributed by atoms with Gasteiger partial charge in [-0.3, -0.25) is 4.79 Å². The third-order valence-electron chi connectivity index (χ3n) is 3.85. The normalized spacial score (nSPS) is 15.2. The van der Waals surface area contributed by atoms with Gasteiger partial charge in [-0.05, 0) is 35.7 Å². The number of hydrogen-bond acceptors (Lipinski definition) is 2. The second-order valence-electron chi connectivity index (χ2n) is 5.46. The van der Waals surface area contributed by atoms with Gasteiger partial charge in [-0.1, -0.05) is 24.3 Å². The first-order valence-electron chi connectivity index (χ1n) is 7.95. The van der Waals surface area contributed by atoms with Crippen LogP contribution in [0.4, 0.5) is 18.9 Å². The molecule has 0 fully saturated rings. The van der Waals surface area contributed by atoms with Crippen LogP contribution in [-0.4, -0.2) is 5.91 Å². The van der Waals surface area contributed by atoms with E-state index in [9.17, 15) is 18.0 Å². The summed E-state index contributed by atoms with van der Waals surface area (Å²) >= 11 is 0. The molecule has 0 saturated carbocycles. The third kappa shape index (κ3) is 2.76. The quantitative estimate of drug-likeness (QED) is 0.918. The molecule has 0 radical (unpaired) electrons. The Morgan fingerprint density at radius 1 is 1.22 bits per heavy atom. The van der Waals surface area contributed by atoms with Crippen molar-refractivity contribution in [3.63, 3.8) is 0 Å². The molecule has 2 aromatic carbocycles. The summed E-state index contributed by atoms with van der Waals surface area (Å²) in [5.74, 6) is -1.08. The number of nitrogens with zero attached hydrogens (tertiary/aromatic N) is 1. The Kier molecular flexibility index (Phi) is 2.99. The van der Waals surface area contributed by atoms with E-state index in [0.717, 1.165) is 18.1 Å². The van der Waals surface area contributed by atoms with E-state index in [4.69, 9.17) is 8.48 Å². The minimum atomic E-state index is -4.75. The molecule has 0 spiro atoms. The third-order valence-corrected chi connectivity index (χ3v) is 3.85. The molecule has 0 bridgehead atoms. The molecular formula is C17H15F3N2O. The van der Waals surface area contributed by atoms with Crippen LogP contribution in [0.5, 0.6) is 0 Å². The van der Waals surface area contributed by atoms with Gasteiger partial charge < -0.3 is 10.6 Å². The van der Waals surface area contributed by atoms with Crippen molar-refractivity contribution >= 4 is 11.6 Å². The predicted octanol–water partition coefficient (Wildman–Crippen LogP) is 3.63. The summed E-state index contributed by atoms with van der Waals surface area (Å²) in [5.41, 5.74) is 4.60. The molecule has 120 valence electrons. The van der Waals surface area contributed by atoms with Crippen LogP contribution in [0.3, 0.4) is 0 Å². The van der Waals surface area contributed by atoms with Crippen LogP contribution in [0.25, 0.3) is 0 Å². The van der Waals surface area contributed by atoms with Crippen LogP contribution in [0.1, 0.15) is 35.4 Å². The molecule has 2 aromatic rings. The molecule has 1 heterocycles. The maximum absolute atomic E-state index is 13.7. The Morgan fingerprint density at radius 3 is 2.26 bits per heavy atom. The molecule has 3 rings (SSSR count). The predicted molar refractivity (Wildman–Crippen MR) is 81.0 cm³/mol. The van der Waals surface area contributed by atoms with Gasteiger partial charge in [0.1, 0.15) is 0 Å². The fourth-order valence-corrected chi connectivity index (χ4v) is 2.84. The van der Waals surface area contributed by atoms with Gasteiger partial charge in [0.25, 0.3) is 0 Å². The Bertz CT molecular complexity index is 856. The Labute approximate surface area is 134 Å². The van der Waals surface area contributed by atoms with E-state index in [1.54, 1.807) is 12.1 Å². The van der Waals surface area contributed by atoms with E-state index in [0.29, 0.717) is 0 Å². The van der Waals surface area contributed by atoms with Gasteiger partial charge in [0.15, 0.2) is 0 Å². The molecule has 3 nitrogen and oxygen atoms in total. The number of halogens is 3. The molecule has 0 aliphatic carbocycles. The largest absolute Gasteiger partial charge is 0.418 e. The summed E-state index contributed by atoms with van der Waals surface area (Å²) < 4.78 is 57.0. The van der Waals surface area contributed by atoms with Crippen LogP contribution in [0.2, 0.25) is 0 Å². The number of benzene rings is 2.